The lowest BCUT2D eigenvalue weighted by atomic mass is 10.2. The Balaban J connectivity index is 2.23. The van der Waals surface area contributed by atoms with E-state index >= 15 is 0 Å². The van der Waals surface area contributed by atoms with Gasteiger partial charge in [-0.3, -0.25) is 9.59 Å². The lowest BCUT2D eigenvalue weighted by molar-refractivity contribution is -0.116. The largest absolute Gasteiger partial charge is 0.349 e. The Morgan fingerprint density at radius 2 is 1.87 bits per heavy atom. The second kappa shape index (κ2) is 10.7. The molecule has 0 atom stereocenters. The minimum atomic E-state index is -3.96. The van der Waals surface area contributed by atoms with Crippen LogP contribution in [0.15, 0.2) is 66.1 Å². The van der Waals surface area contributed by atoms with Gasteiger partial charge in [-0.2, -0.15) is 4.31 Å². The Morgan fingerprint density at radius 3 is 2.53 bits per heavy atom. The molecule has 2 aromatic carbocycles. The average Bonchev–Trinajstić information content (AvgIpc) is 2.73. The fourth-order valence-corrected chi connectivity index (χ4v) is 4.35. The number of nitrogens with one attached hydrogen (secondary N) is 2. The third-order valence-electron chi connectivity index (χ3n) is 4.35. The van der Waals surface area contributed by atoms with E-state index in [2.05, 4.69) is 17.2 Å². The van der Waals surface area contributed by atoms with Crippen molar-refractivity contribution in [2.45, 2.75) is 25.2 Å². The van der Waals surface area contributed by atoms with E-state index in [0.29, 0.717) is 12.1 Å². The standard InChI is InChI=1S/C22H27N3O4S/c1-4-13-23-22(27)18-10-8-11-19(15-18)30(28,29)25(14-5-2)16-21(26)24-20-12-7-6-9-17(20)3/h4,6-12,15H,1,5,13-14,16H2,2-3H3,(H,23,27)(H,24,26). The lowest BCUT2D eigenvalue weighted by Crippen LogP contribution is -2.38. The molecule has 2 rings (SSSR count). The van der Waals surface area contributed by atoms with Gasteiger partial charge in [-0.1, -0.05) is 37.3 Å². The molecule has 2 amide bonds. The minimum Gasteiger partial charge on any atom is -0.349 e. The Morgan fingerprint density at radius 1 is 1.13 bits per heavy atom. The van der Waals surface area contributed by atoms with Crippen LogP contribution in [0.5, 0.6) is 0 Å². The molecule has 8 heteroatoms. The summed E-state index contributed by atoms with van der Waals surface area (Å²) in [4.78, 5) is 24.7. The highest BCUT2D eigenvalue weighted by atomic mass is 32.2. The monoisotopic (exact) mass is 429 g/mol. The summed E-state index contributed by atoms with van der Waals surface area (Å²) in [5, 5.41) is 5.37. The summed E-state index contributed by atoms with van der Waals surface area (Å²) in [6.45, 7) is 7.36. The predicted octanol–water partition coefficient (Wildman–Crippen LogP) is 2.95. The zero-order chi connectivity index (χ0) is 22.1. The van der Waals surface area contributed by atoms with Crippen LogP contribution in [-0.4, -0.2) is 44.2 Å². The third kappa shape index (κ3) is 6.01. The van der Waals surface area contributed by atoms with Gasteiger partial charge in [0.05, 0.1) is 11.4 Å². The highest BCUT2D eigenvalue weighted by Crippen LogP contribution is 2.19. The maximum atomic E-state index is 13.2. The van der Waals surface area contributed by atoms with Gasteiger partial charge in [0.1, 0.15) is 0 Å². The van der Waals surface area contributed by atoms with Crippen molar-refractivity contribution in [1.82, 2.24) is 9.62 Å². The minimum absolute atomic E-state index is 0.0362. The van der Waals surface area contributed by atoms with Crippen molar-refractivity contribution < 1.29 is 18.0 Å². The zero-order valence-electron chi connectivity index (χ0n) is 17.2. The topological polar surface area (TPSA) is 95.6 Å². The van der Waals surface area contributed by atoms with Gasteiger partial charge in [0.25, 0.3) is 5.91 Å². The highest BCUT2D eigenvalue weighted by molar-refractivity contribution is 7.89. The van der Waals surface area contributed by atoms with E-state index in [1.165, 1.54) is 30.3 Å². The molecule has 0 aliphatic rings. The van der Waals surface area contributed by atoms with Gasteiger partial charge in [0.2, 0.25) is 15.9 Å². The molecule has 0 saturated carbocycles. The molecule has 0 fully saturated rings. The smallest absolute Gasteiger partial charge is 0.251 e. The maximum absolute atomic E-state index is 13.2. The molecule has 7 nitrogen and oxygen atoms in total. The Bertz CT molecular complexity index is 1020. The molecule has 0 bridgehead atoms. The van der Waals surface area contributed by atoms with Crippen molar-refractivity contribution in [2.75, 3.05) is 25.0 Å². The van der Waals surface area contributed by atoms with Crippen LogP contribution in [0.1, 0.15) is 29.3 Å². The van der Waals surface area contributed by atoms with Crippen molar-refractivity contribution in [2.24, 2.45) is 0 Å². The van der Waals surface area contributed by atoms with Crippen molar-refractivity contribution >= 4 is 27.5 Å². The summed E-state index contributed by atoms with van der Waals surface area (Å²) in [6.07, 6.45) is 2.07. The zero-order valence-corrected chi connectivity index (χ0v) is 18.0. The summed E-state index contributed by atoms with van der Waals surface area (Å²) in [5.74, 6) is -0.826. The Labute approximate surface area is 177 Å². The molecule has 0 spiro atoms. The van der Waals surface area contributed by atoms with Crippen LogP contribution >= 0.6 is 0 Å². The molecule has 0 heterocycles. The Kier molecular flexibility index (Phi) is 8.32. The summed E-state index contributed by atoms with van der Waals surface area (Å²) in [7, 11) is -3.96. The van der Waals surface area contributed by atoms with Crippen molar-refractivity contribution in [3.05, 3.63) is 72.3 Å². The second-order valence-electron chi connectivity index (χ2n) is 6.73. The number of rotatable bonds is 10. The molecule has 0 unspecified atom stereocenters. The highest BCUT2D eigenvalue weighted by Gasteiger charge is 2.27. The first-order valence-electron chi connectivity index (χ1n) is 9.64. The summed E-state index contributed by atoms with van der Waals surface area (Å²) < 4.78 is 27.5. The molecule has 2 N–H and O–H groups in total. The number of aryl methyl sites for hydroxylation is 1. The molecule has 0 aliphatic heterocycles. The summed E-state index contributed by atoms with van der Waals surface area (Å²) >= 11 is 0. The van der Waals surface area contributed by atoms with Gasteiger partial charge in [-0.15, -0.1) is 6.58 Å². The number of benzene rings is 2. The van der Waals surface area contributed by atoms with E-state index in [1.807, 2.05) is 26.0 Å². The van der Waals surface area contributed by atoms with Crippen molar-refractivity contribution in [3.63, 3.8) is 0 Å². The van der Waals surface area contributed by atoms with E-state index in [0.717, 1.165) is 9.87 Å². The van der Waals surface area contributed by atoms with Crippen LogP contribution in [0.25, 0.3) is 0 Å². The number of para-hydroxylation sites is 1. The molecular formula is C22H27N3O4S. The van der Waals surface area contributed by atoms with Gasteiger partial charge in [-0.25, -0.2) is 8.42 Å². The molecule has 0 aliphatic carbocycles. The fourth-order valence-electron chi connectivity index (χ4n) is 2.81. The van der Waals surface area contributed by atoms with Crippen LogP contribution < -0.4 is 10.6 Å². The number of nitrogens with zero attached hydrogens (tertiary/aromatic N) is 1. The van der Waals surface area contributed by atoms with Gasteiger partial charge >= 0.3 is 0 Å². The van der Waals surface area contributed by atoms with Crippen LogP contribution in [0.4, 0.5) is 5.69 Å². The Hall–Kier alpha value is -2.97. The van der Waals surface area contributed by atoms with E-state index < -0.39 is 21.8 Å². The molecule has 0 aromatic heterocycles. The molecule has 30 heavy (non-hydrogen) atoms. The van der Waals surface area contributed by atoms with Gasteiger partial charge in [0, 0.05) is 24.3 Å². The average molecular weight is 430 g/mol. The maximum Gasteiger partial charge on any atom is 0.251 e. The number of carbonyl (C=O) groups is 2. The molecule has 160 valence electrons. The first-order chi connectivity index (χ1) is 14.3. The number of hydrogen-bond donors (Lipinski definition) is 2. The van der Waals surface area contributed by atoms with Crippen molar-refractivity contribution in [1.29, 1.82) is 0 Å². The molecule has 0 radical (unpaired) electrons. The van der Waals surface area contributed by atoms with Crippen LogP contribution in [-0.2, 0) is 14.8 Å². The third-order valence-corrected chi connectivity index (χ3v) is 6.19. The fraction of sp³-hybridized carbons (Fsp3) is 0.273. The molecule has 0 saturated heterocycles. The van der Waals surface area contributed by atoms with Gasteiger partial charge in [0.15, 0.2) is 0 Å². The predicted molar refractivity (Wildman–Crippen MR) is 118 cm³/mol. The first kappa shape index (κ1) is 23.3. The number of hydrogen-bond acceptors (Lipinski definition) is 4. The number of carbonyl (C=O) groups excluding carboxylic acids is 2. The number of anilines is 1. The van der Waals surface area contributed by atoms with Gasteiger partial charge in [-0.05, 0) is 43.2 Å². The quantitative estimate of drug-likeness (QED) is 0.568. The molecule has 2 aromatic rings. The van der Waals surface area contributed by atoms with Crippen LogP contribution in [0.3, 0.4) is 0 Å². The first-order valence-corrected chi connectivity index (χ1v) is 11.1. The van der Waals surface area contributed by atoms with E-state index in [9.17, 15) is 18.0 Å². The second-order valence-corrected chi connectivity index (χ2v) is 8.67. The van der Waals surface area contributed by atoms with Crippen LogP contribution in [0.2, 0.25) is 0 Å². The SMILES string of the molecule is C=CCNC(=O)c1cccc(S(=O)(=O)N(CCC)CC(=O)Nc2ccccc2C)c1. The number of amides is 2. The normalized spacial score (nSPS) is 11.2. The molecular weight excluding hydrogens is 402 g/mol. The van der Waals surface area contributed by atoms with Gasteiger partial charge < -0.3 is 10.6 Å². The van der Waals surface area contributed by atoms with E-state index in [-0.39, 0.29) is 30.1 Å². The summed E-state index contributed by atoms with van der Waals surface area (Å²) in [5.41, 5.74) is 1.74. The lowest BCUT2D eigenvalue weighted by Gasteiger charge is -2.21. The van der Waals surface area contributed by atoms with Crippen molar-refractivity contribution in [3.8, 4) is 0 Å². The van der Waals surface area contributed by atoms with E-state index in [1.54, 1.807) is 12.1 Å². The van der Waals surface area contributed by atoms with E-state index in [4.69, 9.17) is 0 Å². The summed E-state index contributed by atoms with van der Waals surface area (Å²) in [6, 6.07) is 13.1. The van der Waals surface area contributed by atoms with Crippen LogP contribution in [0, 0.1) is 6.92 Å². The number of sulfonamides is 1.